The number of aryl methyl sites for hydroxylation is 1. The molecule has 0 atom stereocenters. The minimum Gasteiger partial charge on any atom is -0.302 e. The lowest BCUT2D eigenvalue weighted by molar-refractivity contribution is -0.116. The Kier molecular flexibility index (Phi) is 5.90. The van der Waals surface area contributed by atoms with Crippen LogP contribution in [-0.2, 0) is 21.1 Å². The highest BCUT2D eigenvalue weighted by Gasteiger charge is 2.09. The van der Waals surface area contributed by atoms with Gasteiger partial charge in [-0.3, -0.25) is 4.79 Å². The standard InChI is InChI=1S/C16H20N2O3S2/c1-3-12-6-8-13(9-7-12)14-11-22-16(17-14)18-15(19)5-4-10-23(2,20)21/h6-9,11H,3-5,10H2,1-2H3,(H,17,18,19). The topological polar surface area (TPSA) is 76.1 Å². The van der Waals surface area contributed by atoms with Gasteiger partial charge in [0.15, 0.2) is 5.13 Å². The lowest BCUT2D eigenvalue weighted by atomic mass is 10.1. The highest BCUT2D eigenvalue weighted by Crippen LogP contribution is 2.25. The van der Waals surface area contributed by atoms with Crippen LogP contribution in [0.5, 0.6) is 0 Å². The molecular weight excluding hydrogens is 332 g/mol. The number of nitrogens with zero attached hydrogens (tertiary/aromatic N) is 1. The molecule has 5 nitrogen and oxygen atoms in total. The number of thiazole rings is 1. The molecule has 0 aliphatic carbocycles. The number of carbonyl (C=O) groups is 1. The van der Waals surface area contributed by atoms with Crippen LogP contribution in [0.3, 0.4) is 0 Å². The van der Waals surface area contributed by atoms with E-state index < -0.39 is 9.84 Å². The van der Waals surface area contributed by atoms with Gasteiger partial charge in [-0.15, -0.1) is 11.3 Å². The van der Waals surface area contributed by atoms with Crippen LogP contribution in [0.2, 0.25) is 0 Å². The van der Waals surface area contributed by atoms with Crippen LogP contribution >= 0.6 is 11.3 Å². The fraction of sp³-hybridized carbons (Fsp3) is 0.375. The number of amides is 1. The Bertz CT molecular complexity index is 765. The Hall–Kier alpha value is -1.73. The first-order valence-corrected chi connectivity index (χ1v) is 10.3. The van der Waals surface area contributed by atoms with Crippen molar-refractivity contribution in [3.8, 4) is 11.3 Å². The molecule has 1 amide bonds. The molecule has 0 spiro atoms. The third-order valence-corrected chi connectivity index (χ3v) is 5.12. The maximum Gasteiger partial charge on any atom is 0.226 e. The van der Waals surface area contributed by atoms with Crippen LogP contribution in [0.4, 0.5) is 5.13 Å². The fourth-order valence-electron chi connectivity index (χ4n) is 2.05. The molecule has 0 radical (unpaired) electrons. The summed E-state index contributed by atoms with van der Waals surface area (Å²) in [5, 5.41) is 5.14. The number of hydrogen-bond acceptors (Lipinski definition) is 5. The fourth-order valence-corrected chi connectivity index (χ4v) is 3.46. The van der Waals surface area contributed by atoms with Crippen molar-refractivity contribution in [3.63, 3.8) is 0 Å². The van der Waals surface area contributed by atoms with Gasteiger partial charge >= 0.3 is 0 Å². The Morgan fingerprint density at radius 2 is 1.96 bits per heavy atom. The number of anilines is 1. The highest BCUT2D eigenvalue weighted by molar-refractivity contribution is 7.90. The minimum atomic E-state index is -3.02. The predicted molar refractivity (Wildman–Crippen MR) is 94.5 cm³/mol. The molecule has 0 fully saturated rings. The molecule has 0 saturated carbocycles. The van der Waals surface area contributed by atoms with E-state index >= 15 is 0 Å². The van der Waals surface area contributed by atoms with E-state index in [0.717, 1.165) is 17.7 Å². The summed E-state index contributed by atoms with van der Waals surface area (Å²) in [7, 11) is -3.02. The van der Waals surface area contributed by atoms with Gasteiger partial charge in [-0.2, -0.15) is 0 Å². The Labute approximate surface area is 140 Å². The molecule has 0 aliphatic heterocycles. The van der Waals surface area contributed by atoms with Crippen molar-refractivity contribution in [2.75, 3.05) is 17.3 Å². The molecule has 23 heavy (non-hydrogen) atoms. The molecular formula is C16H20N2O3S2. The summed E-state index contributed by atoms with van der Waals surface area (Å²) in [6, 6.07) is 8.17. The lowest BCUT2D eigenvalue weighted by Crippen LogP contribution is -2.13. The second-order valence-corrected chi connectivity index (χ2v) is 8.49. The van der Waals surface area contributed by atoms with E-state index in [-0.39, 0.29) is 18.1 Å². The molecule has 0 aliphatic rings. The van der Waals surface area contributed by atoms with Gasteiger partial charge < -0.3 is 5.32 Å². The van der Waals surface area contributed by atoms with Crippen LogP contribution in [0.1, 0.15) is 25.3 Å². The van der Waals surface area contributed by atoms with Crippen molar-refractivity contribution in [3.05, 3.63) is 35.2 Å². The Morgan fingerprint density at radius 1 is 1.26 bits per heavy atom. The SMILES string of the molecule is CCc1ccc(-c2csc(NC(=O)CCCS(C)(=O)=O)n2)cc1. The third-order valence-electron chi connectivity index (χ3n) is 3.33. The van der Waals surface area contributed by atoms with Crippen LogP contribution in [0.15, 0.2) is 29.6 Å². The van der Waals surface area contributed by atoms with Gasteiger partial charge in [0.25, 0.3) is 0 Å². The van der Waals surface area contributed by atoms with Crippen LogP contribution in [0.25, 0.3) is 11.3 Å². The van der Waals surface area contributed by atoms with Crippen LogP contribution in [-0.4, -0.2) is 31.3 Å². The first kappa shape index (κ1) is 17.6. The van der Waals surface area contributed by atoms with E-state index in [9.17, 15) is 13.2 Å². The first-order valence-electron chi connectivity index (χ1n) is 7.40. The molecule has 1 heterocycles. The summed E-state index contributed by atoms with van der Waals surface area (Å²) < 4.78 is 22.1. The molecule has 0 unspecified atom stereocenters. The molecule has 0 bridgehead atoms. The summed E-state index contributed by atoms with van der Waals surface area (Å²) in [5.74, 6) is -0.191. The lowest BCUT2D eigenvalue weighted by Gasteiger charge is -2.01. The molecule has 124 valence electrons. The normalized spacial score (nSPS) is 11.4. The minimum absolute atomic E-state index is 0.0211. The van der Waals surface area contributed by atoms with Crippen molar-refractivity contribution in [2.24, 2.45) is 0 Å². The van der Waals surface area contributed by atoms with E-state index in [1.807, 2.05) is 17.5 Å². The zero-order valence-corrected chi connectivity index (χ0v) is 14.8. The molecule has 7 heteroatoms. The number of nitrogens with one attached hydrogen (secondary N) is 1. The van der Waals surface area contributed by atoms with Gasteiger partial charge in [-0.25, -0.2) is 13.4 Å². The second kappa shape index (κ2) is 7.70. The van der Waals surface area contributed by atoms with Gasteiger partial charge in [0.05, 0.1) is 11.4 Å². The van der Waals surface area contributed by atoms with Crippen LogP contribution < -0.4 is 5.32 Å². The van der Waals surface area contributed by atoms with E-state index in [1.54, 1.807) is 0 Å². The van der Waals surface area contributed by atoms with Crippen molar-refractivity contribution in [1.29, 1.82) is 0 Å². The van der Waals surface area contributed by atoms with Gasteiger partial charge in [0, 0.05) is 23.6 Å². The van der Waals surface area contributed by atoms with Crippen molar-refractivity contribution in [1.82, 2.24) is 4.98 Å². The summed E-state index contributed by atoms with van der Waals surface area (Å²) >= 11 is 1.36. The Morgan fingerprint density at radius 3 is 2.57 bits per heavy atom. The quantitative estimate of drug-likeness (QED) is 0.830. The first-order chi connectivity index (χ1) is 10.9. The smallest absolute Gasteiger partial charge is 0.226 e. The van der Waals surface area contributed by atoms with Gasteiger partial charge in [0.2, 0.25) is 5.91 Å². The summed E-state index contributed by atoms with van der Waals surface area (Å²) in [4.78, 5) is 16.2. The van der Waals surface area contributed by atoms with E-state index in [2.05, 4.69) is 29.4 Å². The maximum atomic E-state index is 11.8. The van der Waals surface area contributed by atoms with Gasteiger partial charge in [-0.1, -0.05) is 31.2 Å². The van der Waals surface area contributed by atoms with Gasteiger partial charge in [0.1, 0.15) is 9.84 Å². The van der Waals surface area contributed by atoms with Crippen molar-refractivity contribution >= 4 is 32.2 Å². The number of carbonyl (C=O) groups excluding carboxylic acids is 1. The average molecular weight is 352 g/mol. The summed E-state index contributed by atoms with van der Waals surface area (Å²) in [6.45, 7) is 2.11. The molecule has 0 saturated heterocycles. The maximum absolute atomic E-state index is 11.8. The van der Waals surface area contributed by atoms with Crippen molar-refractivity contribution in [2.45, 2.75) is 26.2 Å². The van der Waals surface area contributed by atoms with E-state index in [1.165, 1.54) is 23.2 Å². The third kappa shape index (κ3) is 5.76. The Balaban J connectivity index is 1.92. The highest BCUT2D eigenvalue weighted by atomic mass is 32.2. The molecule has 2 rings (SSSR count). The number of sulfone groups is 1. The summed E-state index contributed by atoms with van der Waals surface area (Å²) in [5.41, 5.74) is 3.10. The second-order valence-electron chi connectivity index (χ2n) is 5.37. The number of rotatable bonds is 7. The largest absolute Gasteiger partial charge is 0.302 e. The molecule has 1 N–H and O–H groups in total. The molecule has 1 aromatic heterocycles. The number of hydrogen-bond donors (Lipinski definition) is 1. The van der Waals surface area contributed by atoms with E-state index in [4.69, 9.17) is 0 Å². The monoisotopic (exact) mass is 352 g/mol. The number of aromatic nitrogens is 1. The van der Waals surface area contributed by atoms with Crippen LogP contribution in [0, 0.1) is 0 Å². The number of benzene rings is 1. The molecule has 1 aromatic carbocycles. The average Bonchev–Trinajstić information content (AvgIpc) is 2.94. The molecule has 2 aromatic rings. The summed E-state index contributed by atoms with van der Waals surface area (Å²) in [6.07, 6.45) is 2.66. The van der Waals surface area contributed by atoms with E-state index in [0.29, 0.717) is 11.6 Å². The van der Waals surface area contributed by atoms with Crippen molar-refractivity contribution < 1.29 is 13.2 Å². The van der Waals surface area contributed by atoms with Gasteiger partial charge in [-0.05, 0) is 18.4 Å². The zero-order chi connectivity index (χ0) is 16.9. The zero-order valence-electron chi connectivity index (χ0n) is 13.2. The predicted octanol–water partition coefficient (Wildman–Crippen LogP) is 3.14.